The Kier molecular flexibility index (Phi) is 5.11. The Labute approximate surface area is 139 Å². The molecule has 1 aliphatic rings. The van der Waals surface area contributed by atoms with Crippen LogP contribution in [0.1, 0.15) is 33.6 Å². The molecule has 1 heterocycles. The summed E-state index contributed by atoms with van der Waals surface area (Å²) in [6.07, 6.45) is 1.03. The molecule has 1 saturated heterocycles. The second-order valence-corrected chi connectivity index (χ2v) is 7.24. The first-order valence-electron chi connectivity index (χ1n) is 7.32. The van der Waals surface area contributed by atoms with E-state index in [4.69, 9.17) is 4.74 Å². The summed E-state index contributed by atoms with van der Waals surface area (Å²) in [5, 5.41) is 2.85. The maximum absolute atomic E-state index is 12.4. The Hall–Kier alpha value is -1.56. The van der Waals surface area contributed by atoms with Crippen molar-refractivity contribution in [3.8, 4) is 0 Å². The zero-order valence-corrected chi connectivity index (χ0v) is 14.6. The Bertz CT molecular complexity index is 552. The molecule has 5 nitrogen and oxygen atoms in total. The standard InChI is InChI=1S/C16H21BrN2O3/c1-16(2,3)22-15(21)19-10-4-5-13(19)14(20)18-12-8-6-11(17)7-9-12/h6-9,13H,4-5,10H2,1-3H3,(H,18,20)/t13-/m0/s1. The number of nitrogens with zero attached hydrogens (tertiary/aromatic N) is 1. The molecule has 22 heavy (non-hydrogen) atoms. The predicted molar refractivity (Wildman–Crippen MR) is 88.7 cm³/mol. The van der Waals surface area contributed by atoms with Crippen LogP contribution in [0.3, 0.4) is 0 Å². The van der Waals surface area contributed by atoms with Gasteiger partial charge in [0.2, 0.25) is 5.91 Å². The average Bonchev–Trinajstić information content (AvgIpc) is 2.89. The molecule has 2 rings (SSSR count). The molecular weight excluding hydrogens is 348 g/mol. The van der Waals surface area contributed by atoms with Crippen LogP contribution in [0, 0.1) is 0 Å². The number of benzene rings is 1. The second kappa shape index (κ2) is 6.69. The lowest BCUT2D eigenvalue weighted by molar-refractivity contribution is -0.120. The van der Waals surface area contributed by atoms with E-state index >= 15 is 0 Å². The van der Waals surface area contributed by atoms with Crippen LogP contribution in [0.25, 0.3) is 0 Å². The molecule has 0 aliphatic carbocycles. The van der Waals surface area contributed by atoms with Gasteiger partial charge in [0, 0.05) is 16.7 Å². The molecule has 1 aromatic rings. The number of rotatable bonds is 2. The highest BCUT2D eigenvalue weighted by Crippen LogP contribution is 2.22. The van der Waals surface area contributed by atoms with Gasteiger partial charge in [-0.25, -0.2) is 4.79 Å². The molecule has 0 aromatic heterocycles. The monoisotopic (exact) mass is 368 g/mol. The number of carbonyl (C=O) groups is 2. The van der Waals surface area contributed by atoms with E-state index in [0.29, 0.717) is 18.7 Å². The molecule has 1 N–H and O–H groups in total. The molecule has 6 heteroatoms. The van der Waals surface area contributed by atoms with E-state index in [0.717, 1.165) is 10.9 Å². The van der Waals surface area contributed by atoms with E-state index < -0.39 is 17.7 Å². The molecule has 1 aromatic carbocycles. The van der Waals surface area contributed by atoms with Gasteiger partial charge in [-0.15, -0.1) is 0 Å². The van der Waals surface area contributed by atoms with Gasteiger partial charge in [-0.3, -0.25) is 9.69 Å². The number of hydrogen-bond donors (Lipinski definition) is 1. The molecule has 0 unspecified atom stereocenters. The number of carbonyl (C=O) groups excluding carboxylic acids is 2. The van der Waals surface area contributed by atoms with Gasteiger partial charge in [-0.2, -0.15) is 0 Å². The third-order valence-corrected chi connectivity index (χ3v) is 3.82. The zero-order chi connectivity index (χ0) is 16.3. The summed E-state index contributed by atoms with van der Waals surface area (Å²) in [7, 11) is 0. The van der Waals surface area contributed by atoms with Gasteiger partial charge in [0.25, 0.3) is 0 Å². The smallest absolute Gasteiger partial charge is 0.410 e. The van der Waals surface area contributed by atoms with Crippen molar-refractivity contribution in [1.29, 1.82) is 0 Å². The normalized spacial score (nSPS) is 18.2. The predicted octanol–water partition coefficient (Wildman–Crippen LogP) is 3.79. The van der Waals surface area contributed by atoms with Crippen LogP contribution < -0.4 is 5.32 Å². The number of amides is 2. The Morgan fingerprint density at radius 2 is 1.91 bits per heavy atom. The molecule has 0 saturated carbocycles. The second-order valence-electron chi connectivity index (χ2n) is 6.33. The van der Waals surface area contributed by atoms with Crippen molar-refractivity contribution in [2.75, 3.05) is 11.9 Å². The average molecular weight is 369 g/mol. The first-order chi connectivity index (χ1) is 10.3. The van der Waals surface area contributed by atoms with Crippen LogP contribution in [0.5, 0.6) is 0 Å². The molecule has 120 valence electrons. The lowest BCUT2D eigenvalue weighted by Gasteiger charge is -2.28. The van der Waals surface area contributed by atoms with Crippen molar-refractivity contribution in [2.45, 2.75) is 45.3 Å². The van der Waals surface area contributed by atoms with Crippen LogP contribution in [-0.4, -0.2) is 35.1 Å². The number of nitrogens with one attached hydrogen (secondary N) is 1. The van der Waals surface area contributed by atoms with Crippen molar-refractivity contribution >= 4 is 33.6 Å². The van der Waals surface area contributed by atoms with Crippen molar-refractivity contribution in [2.24, 2.45) is 0 Å². The molecular formula is C16H21BrN2O3. The van der Waals surface area contributed by atoms with Crippen LogP contribution in [-0.2, 0) is 9.53 Å². The lowest BCUT2D eigenvalue weighted by atomic mass is 10.2. The van der Waals surface area contributed by atoms with Crippen LogP contribution >= 0.6 is 15.9 Å². The zero-order valence-electron chi connectivity index (χ0n) is 13.1. The topological polar surface area (TPSA) is 58.6 Å². The maximum Gasteiger partial charge on any atom is 0.410 e. The summed E-state index contributed by atoms with van der Waals surface area (Å²) in [5.74, 6) is -0.175. The molecule has 1 aliphatic heterocycles. The fraction of sp³-hybridized carbons (Fsp3) is 0.500. The summed E-state index contributed by atoms with van der Waals surface area (Å²) in [4.78, 5) is 26.1. The fourth-order valence-corrected chi connectivity index (χ4v) is 2.60. The van der Waals surface area contributed by atoms with Gasteiger partial charge in [0.05, 0.1) is 0 Å². The highest BCUT2D eigenvalue weighted by molar-refractivity contribution is 9.10. The van der Waals surface area contributed by atoms with Crippen molar-refractivity contribution in [3.63, 3.8) is 0 Å². The fourth-order valence-electron chi connectivity index (χ4n) is 2.34. The minimum absolute atomic E-state index is 0.175. The Balaban J connectivity index is 2.01. The quantitative estimate of drug-likeness (QED) is 0.863. The Morgan fingerprint density at radius 3 is 2.50 bits per heavy atom. The van der Waals surface area contributed by atoms with Gasteiger partial charge in [0.1, 0.15) is 11.6 Å². The SMILES string of the molecule is CC(C)(C)OC(=O)N1CCC[C@H]1C(=O)Nc1ccc(Br)cc1. The molecule has 1 fully saturated rings. The number of ether oxygens (including phenoxy) is 1. The molecule has 0 bridgehead atoms. The third-order valence-electron chi connectivity index (χ3n) is 3.30. The number of anilines is 1. The maximum atomic E-state index is 12.4. The van der Waals surface area contributed by atoms with Crippen molar-refractivity contribution in [1.82, 2.24) is 4.90 Å². The van der Waals surface area contributed by atoms with Gasteiger partial charge in [-0.1, -0.05) is 15.9 Å². The summed E-state index contributed by atoms with van der Waals surface area (Å²) >= 11 is 3.35. The van der Waals surface area contributed by atoms with E-state index in [1.807, 2.05) is 45.0 Å². The lowest BCUT2D eigenvalue weighted by Crippen LogP contribution is -2.45. The molecule has 2 amide bonds. The van der Waals surface area contributed by atoms with Crippen molar-refractivity contribution in [3.05, 3.63) is 28.7 Å². The molecule has 0 spiro atoms. The highest BCUT2D eigenvalue weighted by atomic mass is 79.9. The number of halogens is 1. The largest absolute Gasteiger partial charge is 0.444 e. The number of hydrogen-bond acceptors (Lipinski definition) is 3. The highest BCUT2D eigenvalue weighted by Gasteiger charge is 2.36. The first kappa shape index (κ1) is 16.8. The van der Waals surface area contributed by atoms with Gasteiger partial charge < -0.3 is 10.1 Å². The molecule has 0 radical (unpaired) electrons. The Morgan fingerprint density at radius 1 is 1.27 bits per heavy atom. The summed E-state index contributed by atoms with van der Waals surface area (Å²) < 4.78 is 6.31. The summed E-state index contributed by atoms with van der Waals surface area (Å²) in [6.45, 7) is 6.00. The van der Waals surface area contributed by atoms with Crippen LogP contribution in [0.15, 0.2) is 28.7 Å². The van der Waals surface area contributed by atoms with Crippen LogP contribution in [0.4, 0.5) is 10.5 Å². The van der Waals surface area contributed by atoms with Crippen molar-refractivity contribution < 1.29 is 14.3 Å². The minimum Gasteiger partial charge on any atom is -0.444 e. The van der Waals surface area contributed by atoms with Gasteiger partial charge in [0.15, 0.2) is 0 Å². The van der Waals surface area contributed by atoms with E-state index in [9.17, 15) is 9.59 Å². The first-order valence-corrected chi connectivity index (χ1v) is 8.11. The molecule has 1 atom stereocenters. The van der Waals surface area contributed by atoms with Gasteiger partial charge >= 0.3 is 6.09 Å². The minimum atomic E-state index is -0.563. The van der Waals surface area contributed by atoms with E-state index in [1.54, 1.807) is 0 Å². The third kappa shape index (κ3) is 4.47. The van der Waals surface area contributed by atoms with E-state index in [2.05, 4.69) is 21.2 Å². The van der Waals surface area contributed by atoms with E-state index in [-0.39, 0.29) is 5.91 Å². The summed E-state index contributed by atoms with van der Waals surface area (Å²) in [5.41, 5.74) is 0.149. The van der Waals surface area contributed by atoms with Crippen LogP contribution in [0.2, 0.25) is 0 Å². The van der Waals surface area contributed by atoms with Gasteiger partial charge in [-0.05, 0) is 57.9 Å². The van der Waals surface area contributed by atoms with E-state index in [1.165, 1.54) is 4.90 Å². The summed E-state index contributed by atoms with van der Waals surface area (Å²) in [6, 6.07) is 6.87. The number of likely N-dealkylation sites (tertiary alicyclic amines) is 1.